The van der Waals surface area contributed by atoms with E-state index in [1.165, 1.54) is 0 Å². The van der Waals surface area contributed by atoms with E-state index in [9.17, 15) is 0 Å². The minimum Gasteiger partial charge on any atom is -0.378 e. The molecular weight excluding hydrogens is 184 g/mol. The molecule has 1 saturated heterocycles. The zero-order valence-electron chi connectivity index (χ0n) is 8.23. The van der Waals surface area contributed by atoms with Gasteiger partial charge < -0.3 is 21.2 Å². The van der Waals surface area contributed by atoms with Crippen molar-refractivity contribution in [1.82, 2.24) is 10.2 Å². The molecule has 0 aromatic carbocycles. The zero-order valence-corrected chi connectivity index (χ0v) is 8.23. The third-order valence-corrected chi connectivity index (χ3v) is 1.90. The molecule has 0 amide bonds. The molecule has 5 N–H and O–H groups in total. The minimum absolute atomic E-state index is 0.150. The van der Waals surface area contributed by atoms with Crippen LogP contribution in [-0.2, 0) is 4.74 Å². The molecule has 7 nitrogen and oxygen atoms in total. The summed E-state index contributed by atoms with van der Waals surface area (Å²) < 4.78 is 5.22. The van der Waals surface area contributed by atoms with Crippen LogP contribution in [0.25, 0.3) is 0 Å². The number of morpholine rings is 1. The second-order valence-corrected chi connectivity index (χ2v) is 2.79. The van der Waals surface area contributed by atoms with E-state index in [-0.39, 0.29) is 5.96 Å². The summed E-state index contributed by atoms with van der Waals surface area (Å²) in [6.07, 6.45) is 0. The molecule has 0 aromatic rings. The van der Waals surface area contributed by atoms with Gasteiger partial charge in [-0.05, 0) is 0 Å². The van der Waals surface area contributed by atoms with Crippen LogP contribution in [0.2, 0.25) is 0 Å². The lowest BCUT2D eigenvalue weighted by Gasteiger charge is -2.29. The zero-order chi connectivity index (χ0) is 10.4. The SMILES string of the molecule is CN=C(NC(N)=NN)N1CCOCC1. The van der Waals surface area contributed by atoms with Gasteiger partial charge in [0.25, 0.3) is 0 Å². The molecule has 0 saturated carbocycles. The molecule has 14 heavy (non-hydrogen) atoms. The van der Waals surface area contributed by atoms with Crippen LogP contribution in [0.15, 0.2) is 10.1 Å². The third-order valence-electron chi connectivity index (χ3n) is 1.90. The Morgan fingerprint density at radius 1 is 1.43 bits per heavy atom. The first-order chi connectivity index (χ1) is 6.77. The number of rotatable bonds is 0. The molecule has 1 heterocycles. The van der Waals surface area contributed by atoms with Crippen molar-refractivity contribution in [3.8, 4) is 0 Å². The maximum Gasteiger partial charge on any atom is 0.217 e. The molecular formula is C7H16N6O. The van der Waals surface area contributed by atoms with Gasteiger partial charge in [-0.15, -0.1) is 5.10 Å². The van der Waals surface area contributed by atoms with Crippen molar-refractivity contribution in [3.05, 3.63) is 0 Å². The quantitative estimate of drug-likeness (QED) is 0.183. The Kier molecular flexibility index (Phi) is 3.99. The van der Waals surface area contributed by atoms with Gasteiger partial charge in [0, 0.05) is 20.1 Å². The predicted octanol–water partition coefficient (Wildman–Crippen LogP) is -1.92. The predicted molar refractivity (Wildman–Crippen MR) is 54.7 cm³/mol. The average molecular weight is 200 g/mol. The normalized spacial score (nSPS) is 19.6. The Bertz CT molecular complexity index is 232. The number of ether oxygens (including phenoxy) is 1. The molecule has 1 rings (SSSR count). The maximum atomic E-state index is 5.43. The van der Waals surface area contributed by atoms with Gasteiger partial charge in [0.15, 0.2) is 0 Å². The van der Waals surface area contributed by atoms with Gasteiger partial charge in [-0.1, -0.05) is 0 Å². The topological polar surface area (TPSA) is 101 Å². The molecule has 0 aromatic heterocycles. The van der Waals surface area contributed by atoms with Crippen LogP contribution >= 0.6 is 0 Å². The van der Waals surface area contributed by atoms with Crippen LogP contribution < -0.4 is 16.9 Å². The second-order valence-electron chi connectivity index (χ2n) is 2.79. The first kappa shape index (κ1) is 10.6. The molecule has 0 aliphatic carbocycles. The lowest BCUT2D eigenvalue weighted by atomic mass is 10.4. The fourth-order valence-electron chi connectivity index (χ4n) is 1.20. The Labute approximate surface area is 82.8 Å². The highest BCUT2D eigenvalue weighted by atomic mass is 16.5. The van der Waals surface area contributed by atoms with Gasteiger partial charge in [0.2, 0.25) is 11.9 Å². The Morgan fingerprint density at radius 2 is 2.07 bits per heavy atom. The summed E-state index contributed by atoms with van der Waals surface area (Å²) in [4.78, 5) is 6.09. The van der Waals surface area contributed by atoms with Gasteiger partial charge in [0.05, 0.1) is 13.2 Å². The number of guanidine groups is 2. The average Bonchev–Trinajstić information content (AvgIpc) is 2.26. The summed E-state index contributed by atoms with van der Waals surface area (Å²) in [6.45, 7) is 2.97. The molecule has 80 valence electrons. The lowest BCUT2D eigenvalue weighted by Crippen LogP contribution is -2.51. The molecule has 0 radical (unpaired) electrons. The Balaban J connectivity index is 2.53. The summed E-state index contributed by atoms with van der Waals surface area (Å²) >= 11 is 0. The third kappa shape index (κ3) is 2.77. The summed E-state index contributed by atoms with van der Waals surface area (Å²) in [7, 11) is 1.68. The molecule has 1 aliphatic rings. The number of nitrogens with two attached hydrogens (primary N) is 2. The number of nitrogens with one attached hydrogen (secondary N) is 1. The van der Waals surface area contributed by atoms with Gasteiger partial charge in [-0.25, -0.2) is 0 Å². The minimum atomic E-state index is 0.150. The number of aliphatic imine (C=N–C) groups is 1. The first-order valence-corrected chi connectivity index (χ1v) is 4.37. The van der Waals surface area contributed by atoms with Crippen molar-refractivity contribution in [2.45, 2.75) is 0 Å². The van der Waals surface area contributed by atoms with Gasteiger partial charge in [-0.3, -0.25) is 10.3 Å². The van der Waals surface area contributed by atoms with E-state index in [2.05, 4.69) is 15.4 Å². The fourth-order valence-corrected chi connectivity index (χ4v) is 1.20. The monoisotopic (exact) mass is 200 g/mol. The summed E-state index contributed by atoms with van der Waals surface area (Å²) in [6, 6.07) is 0. The number of hydrazone groups is 1. The molecule has 1 aliphatic heterocycles. The van der Waals surface area contributed by atoms with Crippen molar-refractivity contribution in [1.29, 1.82) is 0 Å². The van der Waals surface area contributed by atoms with E-state index >= 15 is 0 Å². The smallest absolute Gasteiger partial charge is 0.217 e. The summed E-state index contributed by atoms with van der Waals surface area (Å²) in [5.74, 6) is 5.82. The van der Waals surface area contributed by atoms with Gasteiger partial charge >= 0.3 is 0 Å². The van der Waals surface area contributed by atoms with E-state index in [4.69, 9.17) is 16.3 Å². The van der Waals surface area contributed by atoms with Crippen LogP contribution in [0.3, 0.4) is 0 Å². The molecule has 0 unspecified atom stereocenters. The molecule has 7 heteroatoms. The molecule has 0 spiro atoms. The van der Waals surface area contributed by atoms with Crippen molar-refractivity contribution < 1.29 is 4.74 Å². The van der Waals surface area contributed by atoms with E-state index in [0.717, 1.165) is 13.1 Å². The van der Waals surface area contributed by atoms with Crippen LogP contribution in [0, 0.1) is 0 Å². The summed E-state index contributed by atoms with van der Waals surface area (Å²) in [5.41, 5.74) is 5.43. The highest BCUT2D eigenvalue weighted by molar-refractivity contribution is 5.97. The highest BCUT2D eigenvalue weighted by Crippen LogP contribution is 1.96. The lowest BCUT2D eigenvalue weighted by molar-refractivity contribution is 0.0670. The van der Waals surface area contributed by atoms with Crippen LogP contribution in [0.4, 0.5) is 0 Å². The van der Waals surface area contributed by atoms with Crippen LogP contribution in [0.1, 0.15) is 0 Å². The Hall–Kier alpha value is -1.50. The van der Waals surface area contributed by atoms with Crippen molar-refractivity contribution in [2.75, 3.05) is 33.4 Å². The van der Waals surface area contributed by atoms with E-state index in [0.29, 0.717) is 19.2 Å². The molecule has 0 atom stereocenters. The number of hydrogen-bond acceptors (Lipinski definition) is 4. The van der Waals surface area contributed by atoms with Crippen LogP contribution in [-0.4, -0.2) is 50.2 Å². The number of hydrogen-bond donors (Lipinski definition) is 3. The molecule has 0 bridgehead atoms. The largest absolute Gasteiger partial charge is 0.378 e. The number of nitrogens with zero attached hydrogens (tertiary/aromatic N) is 3. The standard InChI is InChI=1S/C7H16N6O/c1-10-7(11-6(8)12-9)13-2-4-14-5-3-13/h2-5,9H2,1H3,(H3,8,10,11,12). The van der Waals surface area contributed by atoms with E-state index < -0.39 is 0 Å². The summed E-state index contributed by atoms with van der Waals surface area (Å²) in [5, 5.41) is 6.12. The highest BCUT2D eigenvalue weighted by Gasteiger charge is 2.14. The van der Waals surface area contributed by atoms with Gasteiger partial charge in [0.1, 0.15) is 0 Å². The van der Waals surface area contributed by atoms with Crippen molar-refractivity contribution in [2.24, 2.45) is 21.7 Å². The molecule has 1 fully saturated rings. The fraction of sp³-hybridized carbons (Fsp3) is 0.714. The Morgan fingerprint density at radius 3 is 2.57 bits per heavy atom. The maximum absolute atomic E-state index is 5.43. The van der Waals surface area contributed by atoms with Crippen LogP contribution in [0.5, 0.6) is 0 Å². The van der Waals surface area contributed by atoms with Crippen molar-refractivity contribution >= 4 is 11.9 Å². The van der Waals surface area contributed by atoms with E-state index in [1.54, 1.807) is 7.05 Å². The van der Waals surface area contributed by atoms with E-state index in [1.807, 2.05) is 4.90 Å². The van der Waals surface area contributed by atoms with Crippen molar-refractivity contribution in [3.63, 3.8) is 0 Å². The van der Waals surface area contributed by atoms with Gasteiger partial charge in [-0.2, -0.15) is 0 Å². The first-order valence-electron chi connectivity index (χ1n) is 4.37. The second kappa shape index (κ2) is 5.28.